The van der Waals surface area contributed by atoms with Crippen molar-refractivity contribution in [1.82, 2.24) is 9.62 Å². The Morgan fingerprint density at radius 2 is 1.88 bits per heavy atom. The number of aromatic hydroxyl groups is 1. The molecule has 146 valence electrons. The Morgan fingerprint density at radius 1 is 1.35 bits per heavy atom. The number of nitrogens with zero attached hydrogens (tertiary/aromatic N) is 1. The Morgan fingerprint density at radius 3 is 2.38 bits per heavy atom. The number of phenolic OH excluding ortho intramolecular Hbond substituents is 1. The first-order valence-electron chi connectivity index (χ1n) is 8.41. The summed E-state index contributed by atoms with van der Waals surface area (Å²) in [4.78, 5) is 12.9. The normalized spacial score (nSPS) is 18.6. The van der Waals surface area contributed by atoms with Crippen molar-refractivity contribution in [3.63, 3.8) is 0 Å². The number of likely N-dealkylation sites (tertiary alicyclic amines) is 1. The lowest BCUT2D eigenvalue weighted by Gasteiger charge is -2.37. The van der Waals surface area contributed by atoms with Crippen LogP contribution in [0, 0.1) is 5.92 Å². The summed E-state index contributed by atoms with van der Waals surface area (Å²) in [5, 5.41) is 11.0. The Labute approximate surface area is 167 Å². The highest BCUT2D eigenvalue weighted by Gasteiger charge is 2.37. The van der Waals surface area contributed by atoms with Crippen LogP contribution in [0.2, 0.25) is 10.0 Å². The van der Waals surface area contributed by atoms with E-state index in [4.69, 9.17) is 28.9 Å². The summed E-state index contributed by atoms with van der Waals surface area (Å²) in [6.07, 6.45) is 1.34. The molecule has 0 radical (unpaired) electrons. The second-order valence-electron chi connectivity index (χ2n) is 7.46. The summed E-state index contributed by atoms with van der Waals surface area (Å²) in [5.41, 5.74) is 5.90. The van der Waals surface area contributed by atoms with Crippen LogP contribution < -0.4 is 10.5 Å². The van der Waals surface area contributed by atoms with E-state index in [2.05, 4.69) is 4.72 Å². The fourth-order valence-corrected chi connectivity index (χ4v) is 4.19. The number of phenols is 1. The van der Waals surface area contributed by atoms with Crippen molar-refractivity contribution in [1.29, 1.82) is 0 Å². The van der Waals surface area contributed by atoms with Crippen molar-refractivity contribution in [2.24, 2.45) is 11.7 Å². The lowest BCUT2D eigenvalue weighted by atomic mass is 9.85. The zero-order valence-electron chi connectivity index (χ0n) is 15.1. The number of amides is 2. The van der Waals surface area contributed by atoms with Crippen LogP contribution in [-0.4, -0.2) is 38.4 Å². The van der Waals surface area contributed by atoms with Gasteiger partial charge in [-0.05, 0) is 45.6 Å². The minimum absolute atomic E-state index is 0.000130. The maximum absolute atomic E-state index is 12.7. The minimum atomic E-state index is -1.35. The molecule has 9 heteroatoms. The highest BCUT2D eigenvalue weighted by atomic mass is 35.5. The molecule has 1 aromatic rings. The molecule has 1 aliphatic rings. The van der Waals surface area contributed by atoms with Gasteiger partial charge in [-0.25, -0.2) is 4.79 Å². The molecule has 2 rings (SSSR count). The Hall–Kier alpha value is -0.860. The Bertz CT molecular complexity index is 661. The number of nitrogens with one attached hydrogen (secondary N) is 1. The highest BCUT2D eigenvalue weighted by molar-refractivity contribution is 7.90. The van der Waals surface area contributed by atoms with Crippen molar-refractivity contribution in [2.75, 3.05) is 13.1 Å². The average molecular weight is 422 g/mol. The number of hydrogen-bond donors (Lipinski definition) is 3. The standard InChI is InChI=1S/C17H25Cl2N3O3S/c1-17(2,3)26(25)21-15(10-4-6-22(7-5-10)16(20)24)11-8-12(18)13(19)9-14(11)23/h8-10,15,21,23H,4-7H2,1-3H3,(H2,20,24). The molecule has 1 fully saturated rings. The monoisotopic (exact) mass is 421 g/mol. The van der Waals surface area contributed by atoms with Gasteiger partial charge < -0.3 is 20.3 Å². The minimum Gasteiger partial charge on any atom is -0.598 e. The third-order valence-corrected chi connectivity index (χ3v) is 6.82. The molecule has 1 aromatic carbocycles. The number of piperidine rings is 1. The second kappa shape index (κ2) is 8.44. The van der Waals surface area contributed by atoms with Gasteiger partial charge in [0.25, 0.3) is 0 Å². The number of primary amides is 1. The van der Waals surface area contributed by atoms with Crippen LogP contribution in [0.4, 0.5) is 4.79 Å². The van der Waals surface area contributed by atoms with Gasteiger partial charge in [0.2, 0.25) is 0 Å². The molecule has 0 saturated carbocycles. The van der Waals surface area contributed by atoms with E-state index in [1.54, 1.807) is 11.0 Å². The van der Waals surface area contributed by atoms with E-state index < -0.39 is 22.1 Å². The largest absolute Gasteiger partial charge is 0.598 e. The molecule has 26 heavy (non-hydrogen) atoms. The predicted octanol–water partition coefficient (Wildman–Crippen LogP) is 3.58. The van der Waals surface area contributed by atoms with Gasteiger partial charge in [-0.2, -0.15) is 0 Å². The van der Waals surface area contributed by atoms with Crippen molar-refractivity contribution in [2.45, 2.75) is 44.4 Å². The first-order valence-corrected chi connectivity index (χ1v) is 10.3. The Kier molecular flexibility index (Phi) is 6.96. The number of benzene rings is 1. The van der Waals surface area contributed by atoms with Gasteiger partial charge in [-0.15, -0.1) is 4.72 Å². The van der Waals surface area contributed by atoms with Crippen LogP contribution in [0.15, 0.2) is 12.1 Å². The van der Waals surface area contributed by atoms with E-state index in [9.17, 15) is 14.5 Å². The van der Waals surface area contributed by atoms with Gasteiger partial charge in [0, 0.05) is 36.1 Å². The number of halogens is 2. The second-order valence-corrected chi connectivity index (χ2v) is 10.3. The fraction of sp³-hybridized carbons (Fsp3) is 0.588. The zero-order valence-corrected chi connectivity index (χ0v) is 17.4. The van der Waals surface area contributed by atoms with Gasteiger partial charge in [0.05, 0.1) is 16.1 Å². The van der Waals surface area contributed by atoms with E-state index in [1.165, 1.54) is 6.07 Å². The van der Waals surface area contributed by atoms with E-state index >= 15 is 0 Å². The van der Waals surface area contributed by atoms with Crippen molar-refractivity contribution in [3.05, 3.63) is 27.7 Å². The van der Waals surface area contributed by atoms with Crippen LogP contribution in [0.25, 0.3) is 0 Å². The third kappa shape index (κ3) is 5.10. The summed E-state index contributed by atoms with van der Waals surface area (Å²) >= 11 is 10.8. The van der Waals surface area contributed by atoms with E-state index in [-0.39, 0.29) is 22.7 Å². The summed E-state index contributed by atoms with van der Waals surface area (Å²) in [6, 6.07) is 2.17. The number of rotatable bonds is 4. The molecular weight excluding hydrogens is 397 g/mol. The number of carbonyl (C=O) groups excluding carboxylic acids is 1. The molecule has 1 heterocycles. The molecule has 4 N–H and O–H groups in total. The molecule has 0 aromatic heterocycles. The van der Waals surface area contributed by atoms with Crippen molar-refractivity contribution in [3.8, 4) is 5.75 Å². The first-order chi connectivity index (χ1) is 12.0. The molecule has 0 bridgehead atoms. The molecule has 6 nitrogen and oxygen atoms in total. The zero-order chi connectivity index (χ0) is 19.6. The molecule has 0 spiro atoms. The molecule has 0 aliphatic carbocycles. The average Bonchev–Trinajstić information content (AvgIpc) is 2.55. The van der Waals surface area contributed by atoms with Gasteiger partial charge >= 0.3 is 6.03 Å². The smallest absolute Gasteiger partial charge is 0.314 e. The molecule has 1 saturated heterocycles. The summed E-state index contributed by atoms with van der Waals surface area (Å²) < 4.78 is 15.4. The summed E-state index contributed by atoms with van der Waals surface area (Å²) in [5.74, 6) is 0.0557. The summed E-state index contributed by atoms with van der Waals surface area (Å²) in [6.45, 7) is 6.65. The first kappa shape index (κ1) is 21.4. The van der Waals surface area contributed by atoms with E-state index in [0.717, 1.165) is 0 Å². The van der Waals surface area contributed by atoms with Crippen LogP contribution in [0.1, 0.15) is 45.2 Å². The predicted molar refractivity (Wildman–Crippen MR) is 106 cm³/mol. The molecule has 2 amide bonds. The van der Waals surface area contributed by atoms with Gasteiger partial charge in [0.1, 0.15) is 10.5 Å². The lowest BCUT2D eigenvalue weighted by Crippen LogP contribution is -2.47. The quantitative estimate of drug-likeness (QED) is 0.646. The van der Waals surface area contributed by atoms with Crippen LogP contribution in [0.5, 0.6) is 5.75 Å². The molecule has 2 atom stereocenters. The van der Waals surface area contributed by atoms with Crippen molar-refractivity contribution < 1.29 is 14.5 Å². The SMILES string of the molecule is CC(C)(C)[S+]([O-])NC(c1cc(Cl)c(Cl)cc1O)C1CCN(C(N)=O)CC1. The molecular formula is C17H25Cl2N3O3S. The van der Waals surface area contributed by atoms with Crippen LogP contribution in [0.3, 0.4) is 0 Å². The van der Waals surface area contributed by atoms with Crippen LogP contribution in [-0.2, 0) is 11.4 Å². The molecule has 2 unspecified atom stereocenters. The fourth-order valence-electron chi connectivity index (χ4n) is 2.96. The topological polar surface area (TPSA) is 102 Å². The number of carbonyl (C=O) groups is 1. The van der Waals surface area contributed by atoms with Crippen molar-refractivity contribution >= 4 is 40.6 Å². The number of urea groups is 1. The van der Waals surface area contributed by atoms with Gasteiger partial charge in [0.15, 0.2) is 0 Å². The highest BCUT2D eigenvalue weighted by Crippen LogP contribution is 2.40. The van der Waals surface area contributed by atoms with E-state index in [1.807, 2.05) is 20.8 Å². The third-order valence-electron chi connectivity index (χ3n) is 4.52. The Balaban J connectivity index is 2.31. The van der Waals surface area contributed by atoms with Gasteiger partial charge in [-0.1, -0.05) is 23.2 Å². The number of hydrogen-bond acceptors (Lipinski definition) is 4. The van der Waals surface area contributed by atoms with Crippen LogP contribution >= 0.6 is 23.2 Å². The van der Waals surface area contributed by atoms with E-state index in [0.29, 0.717) is 36.5 Å². The number of nitrogens with two attached hydrogens (primary N) is 1. The maximum atomic E-state index is 12.7. The lowest BCUT2D eigenvalue weighted by molar-refractivity contribution is 0.167. The molecule has 1 aliphatic heterocycles. The summed E-state index contributed by atoms with van der Waals surface area (Å²) in [7, 11) is 0. The maximum Gasteiger partial charge on any atom is 0.314 e. The van der Waals surface area contributed by atoms with Gasteiger partial charge in [-0.3, -0.25) is 0 Å².